The van der Waals surface area contributed by atoms with Gasteiger partial charge >= 0.3 is 0 Å². The molecule has 0 fully saturated rings. The van der Waals surface area contributed by atoms with E-state index in [0.29, 0.717) is 6.54 Å². The van der Waals surface area contributed by atoms with Crippen LogP contribution in [0.1, 0.15) is 19.0 Å². The molecule has 2 aromatic rings. The highest BCUT2D eigenvalue weighted by Gasteiger charge is 2.09. The number of rotatable bonds is 4. The van der Waals surface area contributed by atoms with Crippen molar-refractivity contribution in [3.63, 3.8) is 0 Å². The first-order valence-corrected chi connectivity index (χ1v) is 6.28. The van der Waals surface area contributed by atoms with E-state index in [1.807, 2.05) is 4.57 Å². The molecule has 7 heteroatoms. The van der Waals surface area contributed by atoms with Gasteiger partial charge in [0.25, 0.3) is 5.56 Å². The van der Waals surface area contributed by atoms with Gasteiger partial charge in [0.1, 0.15) is 5.02 Å². The summed E-state index contributed by atoms with van der Waals surface area (Å²) in [7, 11) is 0. The zero-order chi connectivity index (χ0) is 13.1. The summed E-state index contributed by atoms with van der Waals surface area (Å²) >= 11 is 11.4. The Balaban J connectivity index is 2.32. The number of halogens is 2. The molecule has 18 heavy (non-hydrogen) atoms. The summed E-state index contributed by atoms with van der Waals surface area (Å²) in [5, 5.41) is -0.0271. The van der Waals surface area contributed by atoms with Gasteiger partial charge in [0.15, 0.2) is 5.15 Å². The summed E-state index contributed by atoms with van der Waals surface area (Å²) in [5.41, 5.74) is 0.583. The van der Waals surface area contributed by atoms with Crippen LogP contribution in [0.3, 0.4) is 0 Å². The number of nitrogens with zero attached hydrogens (tertiary/aromatic N) is 4. The average molecular weight is 287 g/mol. The van der Waals surface area contributed by atoms with Crippen molar-refractivity contribution in [2.75, 3.05) is 0 Å². The fraction of sp³-hybridized carbons (Fsp3) is 0.364. The molecule has 0 N–H and O–H groups in total. The molecule has 0 amide bonds. The molecular formula is C11H12Cl2N4O. The topological polar surface area (TPSA) is 52.7 Å². The van der Waals surface area contributed by atoms with E-state index in [9.17, 15) is 4.79 Å². The summed E-state index contributed by atoms with van der Waals surface area (Å²) in [6.07, 6.45) is 5.86. The van der Waals surface area contributed by atoms with Crippen LogP contribution in [0.2, 0.25) is 10.2 Å². The molecule has 96 valence electrons. The predicted molar refractivity (Wildman–Crippen MR) is 70.1 cm³/mol. The molecule has 2 rings (SSSR count). The minimum absolute atomic E-state index is 0.0278. The first-order chi connectivity index (χ1) is 8.63. The Morgan fingerprint density at radius 1 is 1.28 bits per heavy atom. The second kappa shape index (κ2) is 5.54. The highest BCUT2D eigenvalue weighted by molar-refractivity contribution is 6.40. The van der Waals surface area contributed by atoms with E-state index in [-0.39, 0.29) is 15.7 Å². The largest absolute Gasteiger partial charge is 0.333 e. The molecule has 0 unspecified atom stereocenters. The first-order valence-electron chi connectivity index (χ1n) is 5.53. The maximum Gasteiger partial charge on any atom is 0.274 e. The third-order valence-corrected chi connectivity index (χ3v) is 3.26. The van der Waals surface area contributed by atoms with Crippen molar-refractivity contribution in [2.24, 2.45) is 0 Å². The summed E-state index contributed by atoms with van der Waals surface area (Å²) in [4.78, 5) is 19.8. The molecular weight excluding hydrogens is 275 g/mol. The molecule has 0 aromatic carbocycles. The van der Waals surface area contributed by atoms with Crippen molar-refractivity contribution in [3.05, 3.63) is 45.1 Å². The van der Waals surface area contributed by atoms with Gasteiger partial charge in [0.2, 0.25) is 0 Å². The van der Waals surface area contributed by atoms with Crippen LogP contribution in [0.5, 0.6) is 0 Å². The Morgan fingerprint density at radius 2 is 2.06 bits per heavy atom. The van der Waals surface area contributed by atoms with Gasteiger partial charge < -0.3 is 4.57 Å². The van der Waals surface area contributed by atoms with Gasteiger partial charge in [-0.15, -0.1) is 0 Å². The van der Waals surface area contributed by atoms with Crippen LogP contribution in [0, 0.1) is 0 Å². The summed E-state index contributed by atoms with van der Waals surface area (Å²) in [5.74, 6) is 0. The van der Waals surface area contributed by atoms with Crippen molar-refractivity contribution in [1.29, 1.82) is 0 Å². The van der Waals surface area contributed by atoms with Crippen LogP contribution in [0.15, 0.2) is 23.6 Å². The summed E-state index contributed by atoms with van der Waals surface area (Å²) in [6.45, 7) is 3.32. The minimum Gasteiger partial charge on any atom is -0.333 e. The van der Waals surface area contributed by atoms with Crippen LogP contribution in [0.25, 0.3) is 0 Å². The second-order valence-electron chi connectivity index (χ2n) is 3.86. The van der Waals surface area contributed by atoms with Gasteiger partial charge in [-0.1, -0.05) is 30.1 Å². The van der Waals surface area contributed by atoms with Crippen LogP contribution in [0.4, 0.5) is 0 Å². The van der Waals surface area contributed by atoms with E-state index in [4.69, 9.17) is 23.2 Å². The Morgan fingerprint density at radius 3 is 2.78 bits per heavy atom. The van der Waals surface area contributed by atoms with Crippen molar-refractivity contribution in [1.82, 2.24) is 19.1 Å². The van der Waals surface area contributed by atoms with Crippen LogP contribution >= 0.6 is 23.2 Å². The Hall–Kier alpha value is -1.33. The zero-order valence-electron chi connectivity index (χ0n) is 9.81. The highest BCUT2D eigenvalue weighted by atomic mass is 35.5. The SMILES string of the molecule is CCCn1cncc1Cn1cnc(Cl)c(Cl)c1=O. The van der Waals surface area contributed by atoms with E-state index in [2.05, 4.69) is 16.9 Å². The minimum atomic E-state index is -0.346. The molecule has 0 aliphatic heterocycles. The van der Waals surface area contributed by atoms with Gasteiger partial charge in [-0.05, 0) is 6.42 Å². The van der Waals surface area contributed by atoms with Crippen molar-refractivity contribution in [3.8, 4) is 0 Å². The van der Waals surface area contributed by atoms with Crippen LogP contribution in [-0.4, -0.2) is 19.1 Å². The number of hydrogen-bond acceptors (Lipinski definition) is 3. The van der Waals surface area contributed by atoms with Crippen LogP contribution in [-0.2, 0) is 13.1 Å². The molecule has 0 spiro atoms. The van der Waals surface area contributed by atoms with Gasteiger partial charge in [0.05, 0.1) is 24.9 Å². The normalized spacial score (nSPS) is 10.8. The highest BCUT2D eigenvalue weighted by Crippen LogP contribution is 2.13. The smallest absolute Gasteiger partial charge is 0.274 e. The average Bonchev–Trinajstić information content (AvgIpc) is 2.78. The summed E-state index contributed by atoms with van der Waals surface area (Å²) in [6, 6.07) is 0. The lowest BCUT2D eigenvalue weighted by atomic mass is 10.4. The first kappa shape index (κ1) is 13.1. The number of aromatic nitrogens is 4. The molecule has 2 aromatic heterocycles. The monoisotopic (exact) mass is 286 g/mol. The van der Waals surface area contributed by atoms with Crippen molar-refractivity contribution >= 4 is 23.2 Å². The molecule has 0 saturated carbocycles. The van der Waals surface area contributed by atoms with E-state index >= 15 is 0 Å². The van der Waals surface area contributed by atoms with Crippen molar-refractivity contribution < 1.29 is 0 Å². The fourth-order valence-corrected chi connectivity index (χ4v) is 1.93. The standard InChI is InChI=1S/C11H12Cl2N4O/c1-2-3-16-6-14-4-8(16)5-17-7-15-10(13)9(12)11(17)18/h4,6-7H,2-3,5H2,1H3. The maximum absolute atomic E-state index is 11.9. The third kappa shape index (κ3) is 2.57. The van der Waals surface area contributed by atoms with E-state index in [0.717, 1.165) is 18.7 Å². The Labute approximate surface area is 114 Å². The zero-order valence-corrected chi connectivity index (χ0v) is 11.3. The third-order valence-electron chi connectivity index (χ3n) is 2.54. The molecule has 5 nitrogen and oxygen atoms in total. The van der Waals surface area contributed by atoms with Gasteiger partial charge in [-0.2, -0.15) is 0 Å². The van der Waals surface area contributed by atoms with E-state index in [1.165, 1.54) is 10.9 Å². The second-order valence-corrected chi connectivity index (χ2v) is 4.60. The Kier molecular flexibility index (Phi) is 4.04. The lowest BCUT2D eigenvalue weighted by molar-refractivity contribution is 0.613. The van der Waals surface area contributed by atoms with Gasteiger partial charge in [-0.3, -0.25) is 9.36 Å². The van der Waals surface area contributed by atoms with Gasteiger partial charge in [-0.25, -0.2) is 9.97 Å². The maximum atomic E-state index is 11.9. The fourth-order valence-electron chi connectivity index (χ4n) is 1.65. The molecule has 0 saturated heterocycles. The molecule has 0 aliphatic carbocycles. The van der Waals surface area contributed by atoms with Crippen molar-refractivity contribution in [2.45, 2.75) is 26.4 Å². The molecule has 2 heterocycles. The number of aryl methyl sites for hydroxylation is 1. The Bertz CT molecular complexity index is 605. The summed E-state index contributed by atoms with van der Waals surface area (Å²) < 4.78 is 3.41. The lowest BCUT2D eigenvalue weighted by Crippen LogP contribution is -2.22. The molecule has 0 aliphatic rings. The van der Waals surface area contributed by atoms with Gasteiger partial charge in [0, 0.05) is 12.7 Å². The van der Waals surface area contributed by atoms with E-state index in [1.54, 1.807) is 12.5 Å². The number of imidazole rings is 1. The number of hydrogen-bond donors (Lipinski definition) is 0. The molecule has 0 atom stereocenters. The predicted octanol–water partition coefficient (Wildman–Crippen LogP) is 2.20. The van der Waals surface area contributed by atoms with Crippen LogP contribution < -0.4 is 5.56 Å². The lowest BCUT2D eigenvalue weighted by Gasteiger charge is -2.09. The molecule has 0 bridgehead atoms. The van der Waals surface area contributed by atoms with E-state index < -0.39 is 0 Å². The molecule has 0 radical (unpaired) electrons. The quantitative estimate of drug-likeness (QED) is 0.810.